The van der Waals surface area contributed by atoms with Crippen LogP contribution >= 0.6 is 0 Å². The topological polar surface area (TPSA) is 49.3 Å². The van der Waals surface area contributed by atoms with Crippen molar-refractivity contribution in [2.75, 3.05) is 13.1 Å². The molecule has 6 heteroatoms. The standard InChI is InChI=1S/C13H22F3NO2/c1-9-2-4-10(5-3-9)6-7-17-8-11(12(18)19)13(14,15)16/h9-11,17H,2-8H2,1H3,(H,18,19). The second-order valence-electron chi connectivity index (χ2n) is 5.55. The molecule has 19 heavy (non-hydrogen) atoms. The van der Waals surface area contributed by atoms with E-state index in [4.69, 9.17) is 5.11 Å². The lowest BCUT2D eigenvalue weighted by Gasteiger charge is -2.26. The van der Waals surface area contributed by atoms with Gasteiger partial charge >= 0.3 is 12.1 Å². The molecule has 0 aromatic heterocycles. The van der Waals surface area contributed by atoms with E-state index >= 15 is 0 Å². The van der Waals surface area contributed by atoms with Crippen LogP contribution in [0.25, 0.3) is 0 Å². The normalized spacial score (nSPS) is 26.1. The van der Waals surface area contributed by atoms with Crippen molar-refractivity contribution in [2.45, 2.75) is 45.2 Å². The predicted molar refractivity (Wildman–Crippen MR) is 65.8 cm³/mol. The summed E-state index contributed by atoms with van der Waals surface area (Å²) in [6.45, 7) is 2.14. The first-order chi connectivity index (χ1) is 8.80. The van der Waals surface area contributed by atoms with Gasteiger partial charge in [0.05, 0.1) is 0 Å². The average Bonchev–Trinajstić information content (AvgIpc) is 2.29. The summed E-state index contributed by atoms with van der Waals surface area (Å²) < 4.78 is 37.1. The van der Waals surface area contributed by atoms with Gasteiger partial charge in [0.2, 0.25) is 0 Å². The summed E-state index contributed by atoms with van der Waals surface area (Å²) in [5.41, 5.74) is 0. The van der Waals surface area contributed by atoms with Gasteiger partial charge in [0.15, 0.2) is 5.92 Å². The van der Waals surface area contributed by atoms with Crippen LogP contribution in [0.5, 0.6) is 0 Å². The average molecular weight is 281 g/mol. The van der Waals surface area contributed by atoms with E-state index in [-0.39, 0.29) is 0 Å². The van der Waals surface area contributed by atoms with Gasteiger partial charge in [-0.3, -0.25) is 4.79 Å². The SMILES string of the molecule is CC1CCC(CCNCC(C(=O)O)C(F)(F)F)CC1. The smallest absolute Gasteiger partial charge is 0.403 e. The molecule has 0 aliphatic heterocycles. The maximum atomic E-state index is 12.4. The summed E-state index contributed by atoms with van der Waals surface area (Å²) in [6.07, 6.45) is 0.779. The highest BCUT2D eigenvalue weighted by Gasteiger charge is 2.44. The quantitative estimate of drug-likeness (QED) is 0.736. The Kier molecular flexibility index (Phi) is 6.10. The number of rotatable bonds is 6. The maximum absolute atomic E-state index is 12.4. The van der Waals surface area contributed by atoms with E-state index in [0.717, 1.165) is 25.2 Å². The van der Waals surface area contributed by atoms with E-state index in [1.807, 2.05) is 0 Å². The molecule has 112 valence electrons. The molecule has 0 aromatic rings. The van der Waals surface area contributed by atoms with E-state index in [0.29, 0.717) is 12.5 Å². The summed E-state index contributed by atoms with van der Waals surface area (Å²) in [5, 5.41) is 11.2. The zero-order valence-corrected chi connectivity index (χ0v) is 11.2. The van der Waals surface area contributed by atoms with Crippen molar-refractivity contribution in [3.05, 3.63) is 0 Å². The molecule has 0 aromatic carbocycles. The van der Waals surface area contributed by atoms with E-state index < -0.39 is 24.6 Å². The van der Waals surface area contributed by atoms with Crippen LogP contribution in [0.2, 0.25) is 0 Å². The zero-order valence-electron chi connectivity index (χ0n) is 11.2. The third kappa shape index (κ3) is 5.80. The number of aliphatic carboxylic acids is 1. The number of carboxylic acid groups (broad SMARTS) is 1. The molecule has 1 unspecified atom stereocenters. The fourth-order valence-corrected chi connectivity index (χ4v) is 2.51. The van der Waals surface area contributed by atoms with Gasteiger partial charge in [-0.15, -0.1) is 0 Å². The molecular formula is C13H22F3NO2. The number of hydrogen-bond donors (Lipinski definition) is 2. The molecule has 1 fully saturated rings. The van der Waals surface area contributed by atoms with Crippen molar-refractivity contribution in [1.82, 2.24) is 5.32 Å². The molecule has 1 atom stereocenters. The molecule has 1 rings (SSSR count). The third-order valence-corrected chi connectivity index (χ3v) is 3.91. The molecule has 1 aliphatic rings. The molecule has 0 bridgehead atoms. The Hall–Kier alpha value is -0.780. The summed E-state index contributed by atoms with van der Waals surface area (Å²) in [5.74, 6) is -2.80. The van der Waals surface area contributed by atoms with E-state index in [2.05, 4.69) is 12.2 Å². The molecule has 0 amide bonds. The zero-order chi connectivity index (χ0) is 14.5. The van der Waals surface area contributed by atoms with E-state index in [1.54, 1.807) is 0 Å². The Morgan fingerprint density at radius 2 is 1.89 bits per heavy atom. The first-order valence-corrected chi connectivity index (χ1v) is 6.81. The molecule has 1 saturated carbocycles. The number of hydrogen-bond acceptors (Lipinski definition) is 2. The lowest BCUT2D eigenvalue weighted by atomic mass is 9.81. The second-order valence-corrected chi connectivity index (χ2v) is 5.55. The Morgan fingerprint density at radius 1 is 1.32 bits per heavy atom. The minimum atomic E-state index is -4.68. The van der Waals surface area contributed by atoms with E-state index in [9.17, 15) is 18.0 Å². The van der Waals surface area contributed by atoms with Gasteiger partial charge in [0.1, 0.15) is 0 Å². The van der Waals surface area contributed by atoms with Gasteiger partial charge < -0.3 is 10.4 Å². The summed E-state index contributed by atoms with van der Waals surface area (Å²) in [6, 6.07) is 0. The van der Waals surface area contributed by atoms with Gasteiger partial charge in [-0.05, 0) is 24.8 Å². The van der Waals surface area contributed by atoms with Crippen molar-refractivity contribution in [1.29, 1.82) is 0 Å². The fourth-order valence-electron chi connectivity index (χ4n) is 2.51. The van der Waals surface area contributed by atoms with Gasteiger partial charge in [0.25, 0.3) is 0 Å². The largest absolute Gasteiger partial charge is 0.481 e. The Labute approximate surface area is 111 Å². The molecule has 1 aliphatic carbocycles. The van der Waals surface area contributed by atoms with Crippen LogP contribution < -0.4 is 5.32 Å². The van der Waals surface area contributed by atoms with Crippen molar-refractivity contribution in [2.24, 2.45) is 17.8 Å². The lowest BCUT2D eigenvalue weighted by Crippen LogP contribution is -2.39. The van der Waals surface area contributed by atoms with Crippen LogP contribution in [0.1, 0.15) is 39.0 Å². The number of carbonyl (C=O) groups is 1. The number of carboxylic acids is 1. The highest BCUT2D eigenvalue weighted by atomic mass is 19.4. The highest BCUT2D eigenvalue weighted by molar-refractivity contribution is 5.71. The summed E-state index contributed by atoms with van der Waals surface area (Å²) >= 11 is 0. The first-order valence-electron chi connectivity index (χ1n) is 6.81. The first kappa shape index (κ1) is 16.3. The van der Waals surface area contributed by atoms with Crippen molar-refractivity contribution >= 4 is 5.97 Å². The molecule has 0 spiro atoms. The highest BCUT2D eigenvalue weighted by Crippen LogP contribution is 2.30. The molecule has 2 N–H and O–H groups in total. The van der Waals surface area contributed by atoms with Crippen molar-refractivity contribution < 1.29 is 23.1 Å². The monoisotopic (exact) mass is 281 g/mol. The molecule has 0 radical (unpaired) electrons. The molecule has 0 saturated heterocycles. The van der Waals surface area contributed by atoms with Gasteiger partial charge in [-0.2, -0.15) is 13.2 Å². The van der Waals surface area contributed by atoms with Crippen LogP contribution in [-0.4, -0.2) is 30.3 Å². The maximum Gasteiger partial charge on any atom is 0.403 e. The molecule has 0 heterocycles. The van der Waals surface area contributed by atoms with Crippen molar-refractivity contribution in [3.63, 3.8) is 0 Å². The van der Waals surface area contributed by atoms with Crippen LogP contribution in [-0.2, 0) is 4.79 Å². The Bertz CT molecular complexity index is 286. The molecular weight excluding hydrogens is 259 g/mol. The Morgan fingerprint density at radius 3 is 2.37 bits per heavy atom. The number of alkyl halides is 3. The number of nitrogens with one attached hydrogen (secondary N) is 1. The predicted octanol–water partition coefficient (Wildman–Crippen LogP) is 3.06. The Balaban J connectivity index is 2.20. The van der Waals surface area contributed by atoms with Crippen LogP contribution in [0, 0.1) is 17.8 Å². The minimum Gasteiger partial charge on any atom is -0.481 e. The minimum absolute atomic E-state index is 0.457. The van der Waals surface area contributed by atoms with Crippen LogP contribution in [0.3, 0.4) is 0 Å². The third-order valence-electron chi connectivity index (χ3n) is 3.91. The summed E-state index contributed by atoms with van der Waals surface area (Å²) in [7, 11) is 0. The van der Waals surface area contributed by atoms with Crippen LogP contribution in [0.4, 0.5) is 13.2 Å². The van der Waals surface area contributed by atoms with Crippen molar-refractivity contribution in [3.8, 4) is 0 Å². The molecule has 3 nitrogen and oxygen atoms in total. The van der Waals surface area contributed by atoms with Gasteiger partial charge in [-0.25, -0.2) is 0 Å². The fraction of sp³-hybridized carbons (Fsp3) is 0.923. The van der Waals surface area contributed by atoms with Crippen LogP contribution in [0.15, 0.2) is 0 Å². The summed E-state index contributed by atoms with van der Waals surface area (Å²) in [4.78, 5) is 10.5. The van der Waals surface area contributed by atoms with Gasteiger partial charge in [0, 0.05) is 6.54 Å². The number of halogens is 3. The second kappa shape index (κ2) is 7.12. The van der Waals surface area contributed by atoms with Gasteiger partial charge in [-0.1, -0.05) is 32.6 Å². The lowest BCUT2D eigenvalue weighted by molar-refractivity contribution is -0.192. The van der Waals surface area contributed by atoms with E-state index in [1.165, 1.54) is 12.8 Å².